The minimum Gasteiger partial charge on any atom is -0.481 e. The molecular formula is C7H14O2. The van der Waals surface area contributed by atoms with Gasteiger partial charge in [0.2, 0.25) is 0 Å². The van der Waals surface area contributed by atoms with E-state index in [1.54, 1.807) is 0 Å². The molecule has 0 bridgehead atoms. The molecule has 0 fully saturated rings. The highest BCUT2D eigenvalue weighted by molar-refractivity contribution is 5.67. The van der Waals surface area contributed by atoms with Gasteiger partial charge in [-0.05, 0) is 5.41 Å². The summed E-state index contributed by atoms with van der Waals surface area (Å²) in [6, 6.07) is 0. The monoisotopic (exact) mass is 130 g/mol. The second kappa shape index (κ2) is 2.85. The van der Waals surface area contributed by atoms with Crippen LogP contribution in [-0.2, 0) is 4.79 Å². The Hall–Kier alpha value is -0.530. The van der Waals surface area contributed by atoms with Crippen molar-refractivity contribution in [3.63, 3.8) is 0 Å². The zero-order valence-electron chi connectivity index (χ0n) is 6.27. The van der Waals surface area contributed by atoms with E-state index in [1.165, 1.54) is 0 Å². The van der Waals surface area contributed by atoms with Gasteiger partial charge in [-0.2, -0.15) is 0 Å². The quantitative estimate of drug-likeness (QED) is 0.633. The number of carboxylic acid groups (broad SMARTS) is 1. The summed E-state index contributed by atoms with van der Waals surface area (Å²) >= 11 is 0. The molecule has 0 rings (SSSR count). The van der Waals surface area contributed by atoms with Gasteiger partial charge in [0.15, 0.2) is 0 Å². The molecule has 0 aromatic carbocycles. The van der Waals surface area contributed by atoms with Crippen molar-refractivity contribution < 1.29 is 9.90 Å². The zero-order valence-corrected chi connectivity index (χ0v) is 6.27. The molecule has 2 nitrogen and oxygen atoms in total. The molecule has 0 aromatic heterocycles. The molecule has 1 N–H and O–H groups in total. The highest BCUT2D eigenvalue weighted by Crippen LogP contribution is 2.23. The van der Waals surface area contributed by atoms with Crippen LogP contribution in [0.5, 0.6) is 0 Å². The number of hydrogen-bond donors (Lipinski definition) is 1. The summed E-state index contributed by atoms with van der Waals surface area (Å²) in [6.45, 7) is 5.92. The van der Waals surface area contributed by atoms with Crippen LogP contribution in [0.4, 0.5) is 0 Å². The SMILES string of the molecule is CCC(C)(C)CC(=O)O. The fraction of sp³-hybridized carbons (Fsp3) is 0.857. The van der Waals surface area contributed by atoms with Crippen LogP contribution < -0.4 is 0 Å². The van der Waals surface area contributed by atoms with Gasteiger partial charge in [0.1, 0.15) is 0 Å². The fourth-order valence-corrected chi connectivity index (χ4v) is 0.534. The predicted molar refractivity (Wildman–Crippen MR) is 36.3 cm³/mol. The van der Waals surface area contributed by atoms with Gasteiger partial charge in [-0.15, -0.1) is 0 Å². The molecule has 54 valence electrons. The third-order valence-electron chi connectivity index (χ3n) is 1.59. The Morgan fingerprint density at radius 2 is 2.00 bits per heavy atom. The van der Waals surface area contributed by atoms with Crippen LogP contribution in [0.2, 0.25) is 0 Å². The maximum absolute atomic E-state index is 10.2. The van der Waals surface area contributed by atoms with Crippen molar-refractivity contribution >= 4 is 5.97 Å². The summed E-state index contributed by atoms with van der Waals surface area (Å²) < 4.78 is 0. The van der Waals surface area contributed by atoms with E-state index in [1.807, 2.05) is 20.8 Å². The lowest BCUT2D eigenvalue weighted by molar-refractivity contribution is -0.139. The normalized spacial score (nSPS) is 11.4. The van der Waals surface area contributed by atoms with Gasteiger partial charge in [-0.1, -0.05) is 27.2 Å². The predicted octanol–water partition coefficient (Wildman–Crippen LogP) is 1.90. The van der Waals surface area contributed by atoms with Crippen LogP contribution in [-0.4, -0.2) is 11.1 Å². The highest BCUT2D eigenvalue weighted by Gasteiger charge is 2.18. The van der Waals surface area contributed by atoms with Gasteiger partial charge >= 0.3 is 5.97 Å². The van der Waals surface area contributed by atoms with Crippen LogP contribution in [0.3, 0.4) is 0 Å². The minimum absolute atomic E-state index is 0.0359. The molecule has 0 aliphatic heterocycles. The Labute approximate surface area is 55.9 Å². The Bertz CT molecular complexity index is 105. The lowest BCUT2D eigenvalue weighted by Crippen LogP contribution is -2.14. The average molecular weight is 130 g/mol. The van der Waals surface area contributed by atoms with Crippen LogP contribution in [0.1, 0.15) is 33.6 Å². The minimum atomic E-state index is -0.707. The summed E-state index contributed by atoms with van der Waals surface area (Å²) in [5, 5.41) is 8.38. The molecule has 9 heavy (non-hydrogen) atoms. The third-order valence-corrected chi connectivity index (χ3v) is 1.59. The molecule has 0 aliphatic rings. The highest BCUT2D eigenvalue weighted by atomic mass is 16.4. The van der Waals surface area contributed by atoms with Crippen LogP contribution in [0.15, 0.2) is 0 Å². The molecule has 0 spiro atoms. The molecule has 0 atom stereocenters. The zero-order chi connectivity index (χ0) is 7.49. The van der Waals surface area contributed by atoms with E-state index < -0.39 is 5.97 Å². The molecule has 0 heterocycles. The van der Waals surface area contributed by atoms with Gasteiger partial charge < -0.3 is 5.11 Å². The first-order valence-corrected chi connectivity index (χ1v) is 3.20. The maximum Gasteiger partial charge on any atom is 0.303 e. The van der Waals surface area contributed by atoms with E-state index in [9.17, 15) is 4.79 Å². The number of hydrogen-bond acceptors (Lipinski definition) is 1. The molecule has 0 radical (unpaired) electrons. The fourth-order valence-electron chi connectivity index (χ4n) is 0.534. The Balaban J connectivity index is 3.71. The lowest BCUT2D eigenvalue weighted by Gasteiger charge is -2.18. The van der Waals surface area contributed by atoms with E-state index >= 15 is 0 Å². The third kappa shape index (κ3) is 4.01. The standard InChI is InChI=1S/C7H14O2/c1-4-7(2,3)5-6(8)9/h4-5H2,1-3H3,(H,8,9). The summed E-state index contributed by atoms with van der Waals surface area (Å²) in [5.74, 6) is -0.707. The van der Waals surface area contributed by atoms with E-state index in [-0.39, 0.29) is 11.8 Å². The summed E-state index contributed by atoms with van der Waals surface area (Å²) in [4.78, 5) is 10.2. The van der Waals surface area contributed by atoms with Crippen molar-refractivity contribution in [1.82, 2.24) is 0 Å². The molecule has 0 saturated carbocycles. The van der Waals surface area contributed by atoms with Crippen LogP contribution in [0, 0.1) is 5.41 Å². The van der Waals surface area contributed by atoms with Gasteiger partial charge in [0.05, 0.1) is 6.42 Å². The Kier molecular flexibility index (Phi) is 2.68. The van der Waals surface area contributed by atoms with Crippen molar-refractivity contribution in [1.29, 1.82) is 0 Å². The first-order valence-electron chi connectivity index (χ1n) is 3.20. The van der Waals surface area contributed by atoms with Crippen LogP contribution >= 0.6 is 0 Å². The van der Waals surface area contributed by atoms with E-state index in [4.69, 9.17) is 5.11 Å². The molecule has 0 aromatic rings. The van der Waals surface area contributed by atoms with Gasteiger partial charge in [0.25, 0.3) is 0 Å². The van der Waals surface area contributed by atoms with E-state index in [0.717, 1.165) is 6.42 Å². The summed E-state index contributed by atoms with van der Waals surface area (Å²) in [7, 11) is 0. The lowest BCUT2D eigenvalue weighted by atomic mass is 9.87. The topological polar surface area (TPSA) is 37.3 Å². The molecule has 2 heteroatoms. The maximum atomic E-state index is 10.2. The Morgan fingerprint density at radius 3 is 2.11 bits per heavy atom. The smallest absolute Gasteiger partial charge is 0.303 e. The second-order valence-electron chi connectivity index (χ2n) is 3.09. The number of carboxylic acids is 1. The number of rotatable bonds is 3. The molecule has 0 saturated heterocycles. The van der Waals surface area contributed by atoms with Gasteiger partial charge in [0, 0.05) is 0 Å². The van der Waals surface area contributed by atoms with E-state index in [2.05, 4.69) is 0 Å². The Morgan fingerprint density at radius 1 is 1.56 bits per heavy atom. The second-order valence-corrected chi connectivity index (χ2v) is 3.09. The first-order chi connectivity index (χ1) is 3.98. The van der Waals surface area contributed by atoms with E-state index in [0.29, 0.717) is 0 Å². The van der Waals surface area contributed by atoms with Gasteiger partial charge in [-0.25, -0.2) is 0 Å². The summed E-state index contributed by atoms with van der Waals surface area (Å²) in [6.07, 6.45) is 1.18. The number of carbonyl (C=O) groups is 1. The average Bonchev–Trinajstić information content (AvgIpc) is 1.63. The van der Waals surface area contributed by atoms with Crippen molar-refractivity contribution in [3.8, 4) is 0 Å². The van der Waals surface area contributed by atoms with Crippen molar-refractivity contribution in [2.45, 2.75) is 33.6 Å². The van der Waals surface area contributed by atoms with Crippen LogP contribution in [0.25, 0.3) is 0 Å². The van der Waals surface area contributed by atoms with Gasteiger partial charge in [-0.3, -0.25) is 4.79 Å². The largest absolute Gasteiger partial charge is 0.481 e. The molecule has 0 unspecified atom stereocenters. The first kappa shape index (κ1) is 8.47. The summed E-state index contributed by atoms with van der Waals surface area (Å²) in [5.41, 5.74) is -0.0359. The molecule has 0 aliphatic carbocycles. The van der Waals surface area contributed by atoms with Crippen molar-refractivity contribution in [2.75, 3.05) is 0 Å². The van der Waals surface area contributed by atoms with Crippen molar-refractivity contribution in [3.05, 3.63) is 0 Å². The number of aliphatic carboxylic acids is 1. The van der Waals surface area contributed by atoms with Crippen molar-refractivity contribution in [2.24, 2.45) is 5.41 Å². The molecule has 0 amide bonds. The molecular weight excluding hydrogens is 116 g/mol.